The summed E-state index contributed by atoms with van der Waals surface area (Å²) in [6, 6.07) is 1.26. The Hall–Kier alpha value is 4.89. The smallest absolute Gasteiger partial charge is 0.156 e. The number of nitrogens with zero attached hydrogens (tertiary/aromatic N) is 5. The minimum absolute atomic E-state index is 0. The number of allylic oxidation sites excluding steroid dienone is 1. The third-order valence-corrected chi connectivity index (χ3v) is 20.7. The van der Waals surface area contributed by atoms with E-state index in [9.17, 15) is 43.2 Å². The fourth-order valence-electron chi connectivity index (χ4n) is 12.6. The Morgan fingerprint density at radius 1 is 0.517 bits per heavy atom. The maximum Gasteiger partial charge on any atom is 0.156 e. The molecule has 6 fully saturated rings. The maximum atomic E-state index is 11.7. The van der Waals surface area contributed by atoms with Gasteiger partial charge in [0.15, 0.2) is 11.6 Å². The van der Waals surface area contributed by atoms with Crippen molar-refractivity contribution in [2.75, 3.05) is 110 Å². The Morgan fingerprint density at radius 3 is 1.08 bits per heavy atom. The fraction of sp³-hybridized carbons (Fsp3) is 0.753. The third-order valence-electron chi connectivity index (χ3n) is 20.7. The van der Waals surface area contributed by atoms with Crippen molar-refractivity contribution < 1.29 is 338 Å². The van der Waals surface area contributed by atoms with E-state index in [1.165, 1.54) is 58.5 Å². The summed E-state index contributed by atoms with van der Waals surface area (Å²) in [6.07, 6.45) is 14.6. The standard InChI is InChI=1S/C11H20NO2.C10H18NO2.C10H16NO2.C10H18NO2.C10H18NO.C9H16NO2.C7H13NO2.C5H11NO2.C3H5.C2H4O.3C2H6.C2H3.HI.8Y/c1-8-6-11(7-14-5,10(3)13)12(4)9(8)2;1-7-5-10(6-13-4,9(3)12)11-8(7)2;1-7-5-10(6-12,9(3)13)11(4)8(7)2;1-8-5-6-10(7-13-4,9(2)12)11(8)3;1-7-6-10(4,9(3)12)11(5)8(7)2;1-7-4-5-9(10-7,6-12-3)8(2)11;1-4-8-7(5-10-3)6(2)9;1-4(7)5(6)3-8-2;1-3-2;1-2-3;4*1-2;;;;;;;;;/h9H,6-7H2,1-5H3;8,11H,5-6H2,1-4H3;6,8H,5H2,1-4H3;5,8H,6-7H2,1-4H3;8H,6H2,1-5H3;4,7,10H,5-6H2,1-3H3;4,7H,5H2,1-3H3;5H,3,6H2,1-2H3;1H2,2H3;2H,1H3;3*1-2H3;1H,2H2;1H;;;;;;;;/q6*-1;;;-1;;;;;-1;;;;;;;;;. The molecule has 0 spiro atoms. The van der Waals surface area contributed by atoms with Crippen LogP contribution in [0, 0.1) is 49.2 Å². The molecule has 0 aliphatic carbocycles. The number of aldehydes is 2. The number of carbonyl (C=O) groups excluding carboxylic acids is 10. The zero-order chi connectivity index (χ0) is 87.9. The van der Waals surface area contributed by atoms with Crippen LogP contribution in [0.2, 0.25) is 0 Å². The number of rotatable bonds is 22. The number of hydrogen-bond donors (Lipinski definition) is 3. The number of Topliss-reactive ketones (excluding diaryl/α,β-unsaturated/α-hetero) is 8. The van der Waals surface area contributed by atoms with E-state index in [0.29, 0.717) is 76.3 Å². The number of nitrogens with one attached hydrogen (secondary N) is 2. The predicted octanol–water partition coefficient (Wildman–Crippen LogP) is 11.8. The molecule has 0 aromatic heterocycles. The van der Waals surface area contributed by atoms with Crippen molar-refractivity contribution in [1.82, 2.24) is 30.2 Å². The number of likely N-dealkylation sites (tertiary alicyclic amines) is 4. The van der Waals surface area contributed by atoms with Crippen molar-refractivity contribution in [2.45, 2.75) is 314 Å². The zero-order valence-corrected chi connectivity index (χ0v) is 106. The third kappa shape index (κ3) is 56.8. The Balaban J connectivity index is -0.0000000639. The second-order valence-corrected chi connectivity index (χ2v) is 27.8. The summed E-state index contributed by atoms with van der Waals surface area (Å²) in [4.78, 5) is 122. The molecule has 676 valence electrons. The molecule has 6 saturated heterocycles. The van der Waals surface area contributed by atoms with E-state index in [-0.39, 0.29) is 350 Å². The average molecular weight is 2390 g/mol. The van der Waals surface area contributed by atoms with Gasteiger partial charge in [-0.05, 0) is 111 Å². The van der Waals surface area contributed by atoms with Crippen molar-refractivity contribution in [1.29, 1.82) is 0 Å². The number of aliphatic imine (C=N–C) groups is 1. The van der Waals surface area contributed by atoms with Crippen LogP contribution in [0.4, 0.5) is 0 Å². The van der Waals surface area contributed by atoms with Gasteiger partial charge in [0.2, 0.25) is 0 Å². The van der Waals surface area contributed by atoms with E-state index >= 15 is 0 Å². The first-order chi connectivity index (χ1) is 50.7. The van der Waals surface area contributed by atoms with Crippen LogP contribution < -0.4 is 16.4 Å². The van der Waals surface area contributed by atoms with E-state index in [0.717, 1.165) is 44.7 Å². The second-order valence-electron chi connectivity index (χ2n) is 27.8. The van der Waals surface area contributed by atoms with Crippen LogP contribution >= 0.6 is 24.0 Å². The molecule has 4 N–H and O–H groups in total. The predicted molar refractivity (Wildman–Crippen MR) is 462 cm³/mol. The van der Waals surface area contributed by atoms with Gasteiger partial charge in [0.05, 0.1) is 67.8 Å². The summed E-state index contributed by atoms with van der Waals surface area (Å²) in [5.74, 6) is 6.23. The summed E-state index contributed by atoms with van der Waals surface area (Å²) in [5.41, 5.74) is 2.38. The number of ketones is 8. The molecule has 6 aliphatic rings. The number of carbonyl (C=O) groups is 10. The van der Waals surface area contributed by atoms with Crippen LogP contribution in [-0.2, 0) is 338 Å². The number of halogens is 1. The maximum absolute atomic E-state index is 11.7. The number of ether oxygens (including phenoxy) is 6. The molecule has 0 aromatic rings. The largest absolute Gasteiger partial charge is 0.521 e. The van der Waals surface area contributed by atoms with Crippen LogP contribution in [0.1, 0.15) is 232 Å². The van der Waals surface area contributed by atoms with Gasteiger partial charge in [-0.2, -0.15) is 47.5 Å². The first kappa shape index (κ1) is 163. The SMILES string of the molecule is C=[C-]C.CC.CC.CC.CC(=O)C1(C)C[C-](C)C(C)N1C.CC(=O)C1(C=O)C[C-](C)C(C)N1C.CC=NC(COC)C(C)=O.CC=O.COCC(N)C(C)=O.COCC1(C(C)=O)C[C-](C)C(C)N1.COCC1(C(C)=O)C[C-](C)C(C)N1C.COCC1(C(C)=O)C[CH-]C(C)N1.COCC1(C(C)=O)C[CH-]C(C)N1C.I.[CH-]=C.[Y].[Y].[Y].[Y].[Y].[Y].[Y].[Y]. The summed E-state index contributed by atoms with van der Waals surface area (Å²) in [5, 5.41) is 6.54. The Kier molecular flexibility index (Phi) is 126. The van der Waals surface area contributed by atoms with Crippen molar-refractivity contribution in [3.05, 3.63) is 62.3 Å². The molecule has 0 bridgehead atoms. The van der Waals surface area contributed by atoms with Crippen LogP contribution in [-0.4, -0.2) is 277 Å². The minimum atomic E-state index is -0.885. The van der Waals surface area contributed by atoms with Gasteiger partial charge in [-0.15, -0.1) is 85.9 Å². The molecular weight excluding hydrogens is 2230 g/mol. The number of hydrogen-bond acceptors (Lipinski definition) is 24. The second kappa shape index (κ2) is 91.0. The number of nitrogens with two attached hydrogens (primary N) is 1. The summed E-state index contributed by atoms with van der Waals surface area (Å²) in [7, 11) is 17.5. The van der Waals surface area contributed by atoms with Gasteiger partial charge in [-0.25, -0.2) is 0 Å². The molecule has 0 aromatic carbocycles. The van der Waals surface area contributed by atoms with Crippen molar-refractivity contribution >= 4 is 89.0 Å². The van der Waals surface area contributed by atoms with E-state index in [2.05, 4.69) is 122 Å². The summed E-state index contributed by atoms with van der Waals surface area (Å²) < 4.78 is 29.8. The van der Waals surface area contributed by atoms with Crippen LogP contribution in [0.5, 0.6) is 0 Å². The molecule has 6 heterocycles. The number of methoxy groups -OCH3 is 6. The van der Waals surface area contributed by atoms with Gasteiger partial charge in [-0.3, -0.25) is 80.2 Å². The van der Waals surface area contributed by atoms with E-state index in [1.54, 1.807) is 90.2 Å². The van der Waals surface area contributed by atoms with Gasteiger partial charge >= 0.3 is 0 Å². The Morgan fingerprint density at radius 2 is 0.881 bits per heavy atom. The van der Waals surface area contributed by atoms with Crippen molar-refractivity contribution in [2.24, 2.45) is 10.7 Å². The molecule has 0 saturated carbocycles. The van der Waals surface area contributed by atoms with Crippen molar-refractivity contribution in [3.63, 3.8) is 0 Å². The fourth-order valence-corrected chi connectivity index (χ4v) is 12.6. The molecule has 118 heavy (non-hydrogen) atoms. The van der Waals surface area contributed by atoms with E-state index in [1.807, 2.05) is 102 Å². The summed E-state index contributed by atoms with van der Waals surface area (Å²) >= 11 is 0. The molecule has 33 heteroatoms. The van der Waals surface area contributed by atoms with E-state index in [4.69, 9.17) is 34.2 Å². The minimum Gasteiger partial charge on any atom is -0.521 e. The van der Waals surface area contributed by atoms with Crippen LogP contribution in [0.15, 0.2) is 18.2 Å². The quantitative estimate of drug-likeness (QED) is 0.0298. The molecule has 24 nitrogen and oxygen atoms in total. The topological polar surface area (TPSA) is 301 Å². The van der Waals surface area contributed by atoms with Gasteiger partial charge in [0.25, 0.3) is 0 Å². The zero-order valence-electron chi connectivity index (χ0n) is 80.9. The first-order valence-electron chi connectivity index (χ1n) is 38.1. The van der Waals surface area contributed by atoms with Gasteiger partial charge < -0.3 is 99.5 Å². The molecule has 0 amide bonds. The normalized spacial score (nSPS) is 26.0. The number of likely N-dealkylation sites (N-methyl/N-ethyl adjacent to an activating group) is 4. The Bertz CT molecular complexity index is 2580. The molecular formula is C85H161IN8O16Y8-8. The monoisotopic (exact) mass is 2390 g/mol. The molecule has 6 aliphatic heterocycles. The van der Waals surface area contributed by atoms with Crippen molar-refractivity contribution in [3.8, 4) is 0 Å². The molecule has 14 atom stereocenters. The first-order valence-corrected chi connectivity index (χ1v) is 38.1. The summed E-state index contributed by atoms with van der Waals surface area (Å²) in [6.45, 7) is 65.3. The Labute approximate surface area is 940 Å². The van der Waals surface area contributed by atoms with Gasteiger partial charge in [-0.1, -0.05) is 83.1 Å². The van der Waals surface area contributed by atoms with E-state index < -0.39 is 33.7 Å². The molecule has 14 unspecified atom stereocenters. The van der Waals surface area contributed by atoms with Crippen LogP contribution in [0.3, 0.4) is 0 Å². The van der Waals surface area contributed by atoms with Crippen LogP contribution in [0.25, 0.3) is 0 Å². The molecule has 6 rings (SSSR count). The average Bonchev–Trinajstić information content (AvgIpc) is 1.64. The van der Waals surface area contributed by atoms with Gasteiger partial charge in [0.1, 0.15) is 58.9 Å². The molecule has 8 radical (unpaired) electrons. The van der Waals surface area contributed by atoms with Gasteiger partial charge in [0, 0.05) is 310 Å².